The molecular formula is C11H21NO4S. The van der Waals surface area contributed by atoms with Gasteiger partial charge in [0, 0.05) is 13.1 Å². The minimum Gasteiger partial charge on any atom is -0.466 e. The lowest BCUT2D eigenvalue weighted by Crippen LogP contribution is -2.43. The average molecular weight is 263 g/mol. The first kappa shape index (κ1) is 14.4. The third-order valence-electron chi connectivity index (χ3n) is 2.86. The summed E-state index contributed by atoms with van der Waals surface area (Å²) in [5.74, 6) is -0.415. The number of carbonyl (C=O) groups is 1. The number of carbonyl (C=O) groups excluding carboxylic acids is 1. The van der Waals surface area contributed by atoms with Crippen molar-refractivity contribution >= 4 is 16.0 Å². The molecule has 1 aliphatic rings. The van der Waals surface area contributed by atoms with E-state index in [9.17, 15) is 13.2 Å². The first-order chi connectivity index (χ1) is 8.01. The Kier molecular flexibility index (Phi) is 5.39. The fourth-order valence-corrected chi connectivity index (χ4v) is 3.62. The van der Waals surface area contributed by atoms with Gasteiger partial charge in [0.25, 0.3) is 0 Å². The summed E-state index contributed by atoms with van der Waals surface area (Å²) in [6.45, 7) is 4.74. The number of hydrogen-bond acceptors (Lipinski definition) is 4. The fraction of sp³-hybridized carbons (Fsp3) is 0.909. The molecule has 0 unspecified atom stereocenters. The highest BCUT2D eigenvalue weighted by Crippen LogP contribution is 2.20. The molecule has 100 valence electrons. The van der Waals surface area contributed by atoms with Crippen LogP contribution in [0.5, 0.6) is 0 Å². The molecule has 1 atom stereocenters. The minimum absolute atomic E-state index is 0.155. The van der Waals surface area contributed by atoms with Crippen molar-refractivity contribution in [3.8, 4) is 0 Å². The smallest absolute Gasteiger partial charge is 0.310 e. The molecule has 0 N–H and O–H groups in total. The van der Waals surface area contributed by atoms with E-state index in [1.54, 1.807) is 6.92 Å². The molecule has 1 heterocycles. The normalized spacial score (nSPS) is 22.4. The molecule has 1 rings (SSSR count). The summed E-state index contributed by atoms with van der Waals surface area (Å²) < 4.78 is 30.1. The largest absolute Gasteiger partial charge is 0.466 e. The Balaban J connectivity index is 2.63. The van der Waals surface area contributed by atoms with Crippen molar-refractivity contribution in [2.45, 2.75) is 33.1 Å². The zero-order chi connectivity index (χ0) is 12.9. The van der Waals surface area contributed by atoms with Crippen LogP contribution in [0.2, 0.25) is 0 Å². The molecular weight excluding hydrogens is 242 g/mol. The van der Waals surface area contributed by atoms with Crippen molar-refractivity contribution in [1.29, 1.82) is 0 Å². The van der Waals surface area contributed by atoms with Gasteiger partial charge in [0.15, 0.2) is 0 Å². The SMILES string of the molecule is CCCS(=O)(=O)N1CCC[C@@H](C(=O)OCC)C1. The van der Waals surface area contributed by atoms with Crippen molar-refractivity contribution in [2.75, 3.05) is 25.4 Å². The molecule has 1 saturated heterocycles. The lowest BCUT2D eigenvalue weighted by atomic mass is 10.0. The number of hydrogen-bond donors (Lipinski definition) is 0. The third kappa shape index (κ3) is 3.96. The predicted octanol–water partition coefficient (Wildman–Crippen LogP) is 1.00. The van der Waals surface area contributed by atoms with Crippen molar-refractivity contribution < 1.29 is 17.9 Å². The summed E-state index contributed by atoms with van der Waals surface area (Å²) in [5.41, 5.74) is 0. The van der Waals surface area contributed by atoms with Crippen LogP contribution in [0.25, 0.3) is 0 Å². The van der Waals surface area contributed by atoms with Gasteiger partial charge in [-0.1, -0.05) is 6.92 Å². The highest BCUT2D eigenvalue weighted by Gasteiger charge is 2.32. The molecule has 0 spiro atoms. The Morgan fingerprint density at radius 1 is 1.41 bits per heavy atom. The van der Waals surface area contributed by atoms with E-state index >= 15 is 0 Å². The molecule has 0 aliphatic carbocycles. The molecule has 1 aliphatic heterocycles. The number of esters is 1. The lowest BCUT2D eigenvalue weighted by molar-refractivity contribution is -0.149. The molecule has 0 bridgehead atoms. The molecule has 5 nitrogen and oxygen atoms in total. The molecule has 0 aromatic rings. The zero-order valence-electron chi connectivity index (χ0n) is 10.5. The van der Waals surface area contributed by atoms with Crippen LogP contribution in [0.4, 0.5) is 0 Å². The maximum Gasteiger partial charge on any atom is 0.310 e. The second kappa shape index (κ2) is 6.35. The summed E-state index contributed by atoms with van der Waals surface area (Å²) in [6, 6.07) is 0. The number of piperidine rings is 1. The van der Waals surface area contributed by atoms with Gasteiger partial charge in [-0.2, -0.15) is 0 Å². The van der Waals surface area contributed by atoms with E-state index in [0.717, 1.165) is 12.8 Å². The van der Waals surface area contributed by atoms with Gasteiger partial charge in [0.05, 0.1) is 18.3 Å². The first-order valence-corrected chi connectivity index (χ1v) is 7.76. The van der Waals surface area contributed by atoms with Crippen molar-refractivity contribution in [3.63, 3.8) is 0 Å². The molecule has 0 aromatic carbocycles. The van der Waals surface area contributed by atoms with Crippen LogP contribution in [0.3, 0.4) is 0 Å². The van der Waals surface area contributed by atoms with E-state index in [1.807, 2.05) is 6.92 Å². The quantitative estimate of drug-likeness (QED) is 0.694. The molecule has 0 saturated carbocycles. The fourth-order valence-electron chi connectivity index (χ4n) is 2.03. The van der Waals surface area contributed by atoms with E-state index in [2.05, 4.69) is 0 Å². The Morgan fingerprint density at radius 2 is 2.12 bits per heavy atom. The maximum absolute atomic E-state index is 11.9. The van der Waals surface area contributed by atoms with Crippen molar-refractivity contribution in [2.24, 2.45) is 5.92 Å². The van der Waals surface area contributed by atoms with Gasteiger partial charge in [-0.05, 0) is 26.2 Å². The van der Waals surface area contributed by atoms with Gasteiger partial charge in [-0.15, -0.1) is 0 Å². The predicted molar refractivity (Wildman–Crippen MR) is 65.0 cm³/mol. The monoisotopic (exact) mass is 263 g/mol. The van der Waals surface area contributed by atoms with Gasteiger partial charge in [0.2, 0.25) is 10.0 Å². The summed E-state index contributed by atoms with van der Waals surface area (Å²) >= 11 is 0. The number of nitrogens with zero attached hydrogens (tertiary/aromatic N) is 1. The molecule has 0 amide bonds. The van der Waals surface area contributed by atoms with Gasteiger partial charge in [-0.25, -0.2) is 12.7 Å². The molecule has 1 fully saturated rings. The van der Waals surface area contributed by atoms with Crippen LogP contribution in [0, 0.1) is 5.92 Å². The molecule has 0 radical (unpaired) electrons. The third-order valence-corrected chi connectivity index (χ3v) is 4.90. The van der Waals surface area contributed by atoms with Gasteiger partial charge >= 0.3 is 5.97 Å². The summed E-state index contributed by atoms with van der Waals surface area (Å²) in [7, 11) is -3.19. The maximum atomic E-state index is 11.9. The molecule has 0 aromatic heterocycles. The van der Waals surface area contributed by atoms with E-state index in [4.69, 9.17) is 4.74 Å². The van der Waals surface area contributed by atoms with Gasteiger partial charge < -0.3 is 4.74 Å². The van der Waals surface area contributed by atoms with Crippen LogP contribution in [-0.4, -0.2) is 44.1 Å². The second-order valence-corrected chi connectivity index (χ2v) is 6.35. The lowest BCUT2D eigenvalue weighted by Gasteiger charge is -2.30. The molecule has 6 heteroatoms. The summed E-state index contributed by atoms with van der Waals surface area (Å²) in [4.78, 5) is 11.6. The minimum atomic E-state index is -3.19. The topological polar surface area (TPSA) is 63.7 Å². The second-order valence-electron chi connectivity index (χ2n) is 4.27. The first-order valence-electron chi connectivity index (χ1n) is 6.15. The highest BCUT2D eigenvalue weighted by molar-refractivity contribution is 7.89. The highest BCUT2D eigenvalue weighted by atomic mass is 32.2. The van der Waals surface area contributed by atoms with Crippen LogP contribution in [-0.2, 0) is 19.6 Å². The van der Waals surface area contributed by atoms with Crippen LogP contribution < -0.4 is 0 Å². The van der Waals surface area contributed by atoms with Crippen LogP contribution in [0.15, 0.2) is 0 Å². The van der Waals surface area contributed by atoms with E-state index < -0.39 is 10.0 Å². The number of ether oxygens (including phenoxy) is 1. The van der Waals surface area contributed by atoms with Gasteiger partial charge in [-0.3, -0.25) is 4.79 Å². The van der Waals surface area contributed by atoms with Crippen LogP contribution >= 0.6 is 0 Å². The Hall–Kier alpha value is -0.620. The van der Waals surface area contributed by atoms with Crippen molar-refractivity contribution in [3.05, 3.63) is 0 Å². The standard InChI is InChI=1S/C11H21NO4S/c1-3-8-17(14,15)12-7-5-6-10(9-12)11(13)16-4-2/h10H,3-9H2,1-2H3/t10-/m1/s1. The van der Waals surface area contributed by atoms with Crippen molar-refractivity contribution in [1.82, 2.24) is 4.31 Å². The van der Waals surface area contributed by atoms with E-state index in [-0.39, 0.29) is 24.2 Å². The number of rotatable bonds is 5. The van der Waals surface area contributed by atoms with E-state index in [0.29, 0.717) is 19.6 Å². The van der Waals surface area contributed by atoms with Crippen LogP contribution in [0.1, 0.15) is 33.1 Å². The summed E-state index contributed by atoms with van der Waals surface area (Å²) in [6.07, 6.45) is 2.05. The Labute approximate surface area is 103 Å². The van der Waals surface area contributed by atoms with Gasteiger partial charge in [0.1, 0.15) is 0 Å². The Morgan fingerprint density at radius 3 is 2.71 bits per heavy atom. The molecule has 17 heavy (non-hydrogen) atoms. The Bertz CT molecular complexity index is 352. The zero-order valence-corrected chi connectivity index (χ0v) is 11.3. The average Bonchev–Trinajstić information content (AvgIpc) is 2.29. The van der Waals surface area contributed by atoms with E-state index in [1.165, 1.54) is 4.31 Å². The summed E-state index contributed by atoms with van der Waals surface area (Å²) in [5, 5.41) is 0. The number of sulfonamides is 1.